The summed E-state index contributed by atoms with van der Waals surface area (Å²) in [5.41, 5.74) is 5.35. The topological polar surface area (TPSA) is 58.4 Å². The predicted molar refractivity (Wildman–Crippen MR) is 66.1 cm³/mol. The minimum absolute atomic E-state index is 0.00726. The molecule has 4 nitrogen and oxygen atoms in total. The van der Waals surface area contributed by atoms with Gasteiger partial charge >= 0.3 is 0 Å². The van der Waals surface area contributed by atoms with Crippen LogP contribution in [0.4, 0.5) is 0 Å². The molecule has 1 aliphatic rings. The van der Waals surface area contributed by atoms with Crippen molar-refractivity contribution < 1.29 is 4.79 Å². The quantitative estimate of drug-likeness (QED) is 0.697. The maximum atomic E-state index is 11.8. The molecule has 94 valence electrons. The van der Waals surface area contributed by atoms with Crippen molar-refractivity contribution in [2.24, 2.45) is 11.7 Å². The molecule has 1 saturated carbocycles. The van der Waals surface area contributed by atoms with Gasteiger partial charge in [-0.05, 0) is 46.6 Å². The average molecular weight is 227 g/mol. The molecule has 0 aromatic heterocycles. The van der Waals surface area contributed by atoms with Gasteiger partial charge in [-0.1, -0.05) is 0 Å². The molecule has 1 amide bonds. The van der Waals surface area contributed by atoms with Gasteiger partial charge in [0.25, 0.3) is 0 Å². The van der Waals surface area contributed by atoms with E-state index in [0.29, 0.717) is 18.5 Å². The summed E-state index contributed by atoms with van der Waals surface area (Å²) in [7, 11) is 2.05. The summed E-state index contributed by atoms with van der Waals surface area (Å²) in [5.74, 6) is 0.377. The smallest absolute Gasteiger partial charge is 0.240 e. The molecule has 0 heterocycles. The van der Waals surface area contributed by atoms with E-state index in [2.05, 4.69) is 31.1 Å². The summed E-state index contributed by atoms with van der Waals surface area (Å²) in [5, 5.41) is 2.92. The monoisotopic (exact) mass is 227 g/mol. The van der Waals surface area contributed by atoms with E-state index in [0.717, 1.165) is 19.4 Å². The van der Waals surface area contributed by atoms with Gasteiger partial charge in [0.1, 0.15) is 0 Å². The fourth-order valence-electron chi connectivity index (χ4n) is 1.66. The van der Waals surface area contributed by atoms with Crippen LogP contribution in [0.1, 0.15) is 33.6 Å². The Bertz CT molecular complexity index is 247. The van der Waals surface area contributed by atoms with Crippen LogP contribution in [0.3, 0.4) is 0 Å². The van der Waals surface area contributed by atoms with Crippen LogP contribution < -0.4 is 11.1 Å². The third-order valence-electron chi connectivity index (χ3n) is 3.55. The van der Waals surface area contributed by atoms with Gasteiger partial charge in [-0.15, -0.1) is 0 Å². The Morgan fingerprint density at radius 2 is 2.12 bits per heavy atom. The van der Waals surface area contributed by atoms with Gasteiger partial charge in [0.15, 0.2) is 0 Å². The number of likely N-dealkylation sites (N-methyl/N-ethyl adjacent to an activating group) is 1. The van der Waals surface area contributed by atoms with Crippen molar-refractivity contribution in [3.63, 3.8) is 0 Å². The Hall–Kier alpha value is -0.610. The first-order valence-corrected chi connectivity index (χ1v) is 6.13. The van der Waals surface area contributed by atoms with E-state index in [4.69, 9.17) is 5.73 Å². The minimum atomic E-state index is -0.670. The lowest BCUT2D eigenvalue weighted by molar-refractivity contribution is -0.126. The summed E-state index contributed by atoms with van der Waals surface area (Å²) in [6.07, 6.45) is 2.18. The third kappa shape index (κ3) is 3.46. The van der Waals surface area contributed by atoms with Gasteiger partial charge in [-0.2, -0.15) is 0 Å². The van der Waals surface area contributed by atoms with E-state index in [-0.39, 0.29) is 5.91 Å². The molecule has 1 aliphatic carbocycles. The van der Waals surface area contributed by atoms with E-state index in [9.17, 15) is 4.79 Å². The first kappa shape index (κ1) is 13.5. The van der Waals surface area contributed by atoms with Crippen molar-refractivity contribution in [2.75, 3.05) is 20.1 Å². The summed E-state index contributed by atoms with van der Waals surface area (Å²) >= 11 is 0. The molecule has 4 heteroatoms. The second-order valence-corrected chi connectivity index (χ2v) is 5.39. The number of rotatable bonds is 6. The lowest BCUT2D eigenvalue weighted by Gasteiger charge is -2.25. The molecule has 1 atom stereocenters. The predicted octanol–water partition coefficient (Wildman–Crippen LogP) is 0.570. The number of hydrogen-bond donors (Lipinski definition) is 2. The lowest BCUT2D eigenvalue weighted by Crippen LogP contribution is -2.54. The van der Waals surface area contributed by atoms with Gasteiger partial charge in [-0.3, -0.25) is 4.79 Å². The number of hydrogen-bond acceptors (Lipinski definition) is 3. The van der Waals surface area contributed by atoms with Crippen LogP contribution in [-0.2, 0) is 4.79 Å². The standard InChI is InChI=1S/C12H25N3O/c1-9(2)15(4)8-7-14-11(16)12(3,13)10-5-6-10/h9-10H,5-8,13H2,1-4H3,(H,14,16). The fraction of sp³-hybridized carbons (Fsp3) is 0.917. The molecule has 0 aromatic rings. The average Bonchev–Trinajstić information content (AvgIpc) is 3.00. The summed E-state index contributed by atoms with van der Waals surface area (Å²) < 4.78 is 0. The summed E-state index contributed by atoms with van der Waals surface area (Å²) in [4.78, 5) is 14.0. The van der Waals surface area contributed by atoms with Crippen molar-refractivity contribution in [2.45, 2.75) is 45.2 Å². The van der Waals surface area contributed by atoms with E-state index in [1.807, 2.05) is 6.92 Å². The zero-order valence-corrected chi connectivity index (χ0v) is 10.9. The van der Waals surface area contributed by atoms with Crippen LogP contribution in [0.25, 0.3) is 0 Å². The van der Waals surface area contributed by atoms with Gasteiger partial charge < -0.3 is 16.0 Å². The maximum absolute atomic E-state index is 11.8. The largest absolute Gasteiger partial charge is 0.353 e. The fourth-order valence-corrected chi connectivity index (χ4v) is 1.66. The number of amides is 1. The second kappa shape index (κ2) is 5.15. The first-order chi connectivity index (χ1) is 7.35. The molecule has 16 heavy (non-hydrogen) atoms. The maximum Gasteiger partial charge on any atom is 0.240 e. The number of nitrogens with zero attached hydrogens (tertiary/aromatic N) is 1. The van der Waals surface area contributed by atoms with Crippen molar-refractivity contribution >= 4 is 5.91 Å². The lowest BCUT2D eigenvalue weighted by atomic mass is 9.96. The van der Waals surface area contributed by atoms with Crippen molar-refractivity contribution in [1.82, 2.24) is 10.2 Å². The van der Waals surface area contributed by atoms with Gasteiger partial charge in [0.2, 0.25) is 5.91 Å². The highest BCUT2D eigenvalue weighted by molar-refractivity contribution is 5.86. The van der Waals surface area contributed by atoms with Crippen LogP contribution in [-0.4, -0.2) is 42.5 Å². The van der Waals surface area contributed by atoms with Crippen molar-refractivity contribution in [3.05, 3.63) is 0 Å². The molecule has 0 aliphatic heterocycles. The highest BCUT2D eigenvalue weighted by Crippen LogP contribution is 2.37. The Balaban J connectivity index is 2.24. The molecule has 0 aromatic carbocycles. The van der Waals surface area contributed by atoms with E-state index in [1.54, 1.807) is 0 Å². The molecule has 0 bridgehead atoms. The van der Waals surface area contributed by atoms with E-state index >= 15 is 0 Å². The number of carbonyl (C=O) groups is 1. The molecular formula is C12H25N3O. The Labute approximate surface area is 98.6 Å². The molecule has 1 rings (SSSR count). The Kier molecular flexibility index (Phi) is 4.33. The zero-order valence-electron chi connectivity index (χ0n) is 10.9. The SMILES string of the molecule is CC(C)N(C)CCNC(=O)C(C)(N)C1CC1. The Morgan fingerprint density at radius 3 is 2.56 bits per heavy atom. The molecule has 1 unspecified atom stereocenters. The van der Waals surface area contributed by atoms with Gasteiger partial charge in [-0.25, -0.2) is 0 Å². The van der Waals surface area contributed by atoms with E-state index in [1.165, 1.54) is 0 Å². The first-order valence-electron chi connectivity index (χ1n) is 6.13. The summed E-state index contributed by atoms with van der Waals surface area (Å²) in [6.45, 7) is 7.65. The van der Waals surface area contributed by atoms with Gasteiger partial charge in [0, 0.05) is 19.1 Å². The molecule has 0 spiro atoms. The van der Waals surface area contributed by atoms with Crippen LogP contribution in [0.15, 0.2) is 0 Å². The molecule has 0 saturated heterocycles. The highest BCUT2D eigenvalue weighted by atomic mass is 16.2. The zero-order chi connectivity index (χ0) is 12.3. The van der Waals surface area contributed by atoms with Crippen molar-refractivity contribution in [1.29, 1.82) is 0 Å². The van der Waals surface area contributed by atoms with Crippen molar-refractivity contribution in [3.8, 4) is 0 Å². The number of carbonyl (C=O) groups excluding carboxylic acids is 1. The second-order valence-electron chi connectivity index (χ2n) is 5.39. The normalized spacial score (nSPS) is 19.9. The number of nitrogens with one attached hydrogen (secondary N) is 1. The molecular weight excluding hydrogens is 202 g/mol. The van der Waals surface area contributed by atoms with Gasteiger partial charge in [0.05, 0.1) is 5.54 Å². The molecule has 3 N–H and O–H groups in total. The van der Waals surface area contributed by atoms with Crippen LogP contribution >= 0.6 is 0 Å². The highest BCUT2D eigenvalue weighted by Gasteiger charge is 2.43. The third-order valence-corrected chi connectivity index (χ3v) is 3.55. The van der Waals surface area contributed by atoms with Crippen LogP contribution in [0.2, 0.25) is 0 Å². The minimum Gasteiger partial charge on any atom is -0.353 e. The number of nitrogens with two attached hydrogens (primary N) is 1. The van der Waals surface area contributed by atoms with Crippen LogP contribution in [0, 0.1) is 5.92 Å². The van der Waals surface area contributed by atoms with E-state index < -0.39 is 5.54 Å². The molecule has 0 radical (unpaired) electrons. The Morgan fingerprint density at radius 1 is 1.56 bits per heavy atom. The molecule has 1 fully saturated rings. The summed E-state index contributed by atoms with van der Waals surface area (Å²) in [6, 6.07) is 0.504. The van der Waals surface area contributed by atoms with Crippen LogP contribution in [0.5, 0.6) is 0 Å².